The van der Waals surface area contributed by atoms with Crippen LogP contribution < -0.4 is 5.32 Å². The Morgan fingerprint density at radius 2 is 1.90 bits per heavy atom. The van der Waals surface area contributed by atoms with Gasteiger partial charge in [0.1, 0.15) is 5.82 Å². The lowest BCUT2D eigenvalue weighted by Gasteiger charge is -2.20. The van der Waals surface area contributed by atoms with E-state index >= 15 is 0 Å². The average Bonchev–Trinajstić information content (AvgIpc) is 2.46. The smallest absolute Gasteiger partial charge is 0.137 e. The van der Waals surface area contributed by atoms with E-state index in [0.717, 1.165) is 18.5 Å². The zero-order valence-electron chi connectivity index (χ0n) is 12.7. The Morgan fingerprint density at radius 1 is 1.14 bits per heavy atom. The molecule has 1 nitrogen and oxygen atoms in total. The van der Waals surface area contributed by atoms with E-state index in [1.165, 1.54) is 22.8 Å². The van der Waals surface area contributed by atoms with E-state index in [-0.39, 0.29) is 11.9 Å². The van der Waals surface area contributed by atoms with Gasteiger partial charge in [-0.15, -0.1) is 0 Å². The third-order valence-electron chi connectivity index (χ3n) is 3.84. The quantitative estimate of drug-likeness (QED) is 0.791. The van der Waals surface area contributed by atoms with Crippen LogP contribution in [0.15, 0.2) is 40.9 Å². The third kappa shape index (κ3) is 3.92. The number of benzene rings is 2. The SMILES string of the molecule is CCNC(Cc1cccc(F)c1Br)c1ccc(C)c(C)c1. The Morgan fingerprint density at radius 3 is 2.57 bits per heavy atom. The summed E-state index contributed by atoms with van der Waals surface area (Å²) in [7, 11) is 0. The number of likely N-dealkylation sites (N-methyl/N-ethyl adjacent to an activating group) is 1. The third-order valence-corrected chi connectivity index (χ3v) is 4.73. The van der Waals surface area contributed by atoms with Gasteiger partial charge >= 0.3 is 0 Å². The van der Waals surface area contributed by atoms with Crippen molar-refractivity contribution in [3.8, 4) is 0 Å². The molecule has 0 aliphatic heterocycles. The molecular formula is C18H21BrFN. The van der Waals surface area contributed by atoms with Crippen molar-refractivity contribution in [2.75, 3.05) is 6.54 Å². The minimum absolute atomic E-state index is 0.187. The van der Waals surface area contributed by atoms with Crippen LogP contribution in [0, 0.1) is 19.7 Å². The van der Waals surface area contributed by atoms with E-state index in [4.69, 9.17) is 0 Å². The van der Waals surface area contributed by atoms with E-state index in [9.17, 15) is 4.39 Å². The zero-order chi connectivity index (χ0) is 15.4. The standard InChI is InChI=1S/C18H21BrFN/c1-4-21-17(14-9-8-12(2)13(3)10-14)11-15-6-5-7-16(20)18(15)19/h5-10,17,21H,4,11H2,1-3H3. The predicted molar refractivity (Wildman–Crippen MR) is 90.1 cm³/mol. The molecule has 21 heavy (non-hydrogen) atoms. The van der Waals surface area contributed by atoms with Gasteiger partial charge in [0, 0.05) is 6.04 Å². The largest absolute Gasteiger partial charge is 0.310 e. The van der Waals surface area contributed by atoms with Crippen molar-refractivity contribution in [3.05, 3.63) is 68.9 Å². The van der Waals surface area contributed by atoms with E-state index in [2.05, 4.69) is 60.2 Å². The summed E-state index contributed by atoms with van der Waals surface area (Å²) in [6.07, 6.45) is 0.759. The second-order valence-electron chi connectivity index (χ2n) is 5.37. The van der Waals surface area contributed by atoms with Gasteiger partial charge in [-0.1, -0.05) is 37.3 Å². The minimum atomic E-state index is -0.206. The Bertz CT molecular complexity index is 625. The van der Waals surface area contributed by atoms with Crippen molar-refractivity contribution < 1.29 is 4.39 Å². The number of hydrogen-bond acceptors (Lipinski definition) is 1. The summed E-state index contributed by atoms with van der Waals surface area (Å²) in [6, 6.07) is 11.9. The van der Waals surface area contributed by atoms with Gasteiger partial charge in [0.05, 0.1) is 4.47 Å². The highest BCUT2D eigenvalue weighted by atomic mass is 79.9. The topological polar surface area (TPSA) is 12.0 Å². The van der Waals surface area contributed by atoms with Crippen molar-refractivity contribution >= 4 is 15.9 Å². The van der Waals surface area contributed by atoms with Crippen LogP contribution in [0.3, 0.4) is 0 Å². The van der Waals surface area contributed by atoms with E-state index in [1.54, 1.807) is 6.07 Å². The van der Waals surface area contributed by atoms with Crippen LogP contribution in [0.5, 0.6) is 0 Å². The molecule has 0 saturated carbocycles. The molecule has 1 unspecified atom stereocenters. The first kappa shape index (κ1) is 16.2. The van der Waals surface area contributed by atoms with Crippen molar-refractivity contribution in [3.63, 3.8) is 0 Å². The summed E-state index contributed by atoms with van der Waals surface area (Å²) in [6.45, 7) is 7.21. The van der Waals surface area contributed by atoms with Gasteiger partial charge in [-0.25, -0.2) is 4.39 Å². The first-order chi connectivity index (χ1) is 10.0. The molecule has 2 rings (SSSR count). The minimum Gasteiger partial charge on any atom is -0.310 e. The lowest BCUT2D eigenvalue weighted by Crippen LogP contribution is -2.23. The molecule has 3 heteroatoms. The van der Waals surface area contributed by atoms with Crippen molar-refractivity contribution in [2.45, 2.75) is 33.2 Å². The second-order valence-corrected chi connectivity index (χ2v) is 6.16. The summed E-state index contributed by atoms with van der Waals surface area (Å²) in [5.74, 6) is -0.206. The van der Waals surface area contributed by atoms with E-state index < -0.39 is 0 Å². The Labute approximate surface area is 134 Å². The fourth-order valence-electron chi connectivity index (χ4n) is 2.46. The molecule has 0 bridgehead atoms. The number of hydrogen-bond donors (Lipinski definition) is 1. The van der Waals surface area contributed by atoms with Gasteiger partial charge in [0.15, 0.2) is 0 Å². The second kappa shape index (κ2) is 7.19. The lowest BCUT2D eigenvalue weighted by molar-refractivity contribution is 0.544. The molecule has 0 spiro atoms. The molecule has 0 aliphatic carbocycles. The first-order valence-corrected chi connectivity index (χ1v) is 8.05. The molecule has 0 aromatic heterocycles. The van der Waals surface area contributed by atoms with Gasteiger partial charge < -0.3 is 5.32 Å². The van der Waals surface area contributed by atoms with Gasteiger partial charge in [-0.3, -0.25) is 0 Å². The fourth-order valence-corrected chi connectivity index (χ4v) is 2.89. The highest BCUT2D eigenvalue weighted by Crippen LogP contribution is 2.27. The summed E-state index contributed by atoms with van der Waals surface area (Å²) >= 11 is 3.36. The van der Waals surface area contributed by atoms with Gasteiger partial charge in [0.25, 0.3) is 0 Å². The molecule has 0 fully saturated rings. The maximum absolute atomic E-state index is 13.7. The van der Waals surface area contributed by atoms with E-state index in [0.29, 0.717) is 4.47 Å². The van der Waals surface area contributed by atoms with Crippen LogP contribution >= 0.6 is 15.9 Å². The van der Waals surface area contributed by atoms with Crippen LogP contribution in [-0.2, 0) is 6.42 Å². The summed E-state index contributed by atoms with van der Waals surface area (Å²) in [5.41, 5.74) is 4.81. The molecule has 0 saturated heterocycles. The number of nitrogens with one attached hydrogen (secondary N) is 1. The zero-order valence-corrected chi connectivity index (χ0v) is 14.3. The highest BCUT2D eigenvalue weighted by molar-refractivity contribution is 9.10. The molecule has 2 aromatic rings. The highest BCUT2D eigenvalue weighted by Gasteiger charge is 2.15. The van der Waals surface area contributed by atoms with Crippen LogP contribution in [0.1, 0.15) is 35.2 Å². The Balaban J connectivity index is 2.30. The molecule has 1 atom stereocenters. The number of aryl methyl sites for hydroxylation is 2. The average molecular weight is 350 g/mol. The molecule has 0 radical (unpaired) electrons. The summed E-state index contributed by atoms with van der Waals surface area (Å²) in [4.78, 5) is 0. The Hall–Kier alpha value is -1.19. The molecule has 2 aromatic carbocycles. The molecule has 0 heterocycles. The lowest BCUT2D eigenvalue weighted by atomic mass is 9.96. The summed E-state index contributed by atoms with van der Waals surface area (Å²) in [5, 5.41) is 3.50. The monoisotopic (exact) mass is 349 g/mol. The predicted octanol–water partition coefficient (Wildman–Crippen LogP) is 5.10. The molecule has 1 N–H and O–H groups in total. The molecule has 0 aliphatic rings. The van der Waals surface area contributed by atoms with Crippen LogP contribution in [0.2, 0.25) is 0 Å². The van der Waals surface area contributed by atoms with Crippen molar-refractivity contribution in [1.82, 2.24) is 5.32 Å². The fraction of sp³-hybridized carbons (Fsp3) is 0.333. The molecular weight excluding hydrogens is 329 g/mol. The molecule has 0 amide bonds. The summed E-state index contributed by atoms with van der Waals surface area (Å²) < 4.78 is 14.2. The van der Waals surface area contributed by atoms with Gasteiger partial charge in [-0.2, -0.15) is 0 Å². The number of rotatable bonds is 5. The van der Waals surface area contributed by atoms with Crippen LogP contribution in [0.4, 0.5) is 4.39 Å². The van der Waals surface area contributed by atoms with Crippen LogP contribution in [-0.4, -0.2) is 6.54 Å². The van der Waals surface area contributed by atoms with E-state index in [1.807, 2.05) is 6.07 Å². The van der Waals surface area contributed by atoms with Crippen molar-refractivity contribution in [2.24, 2.45) is 0 Å². The number of halogens is 2. The molecule has 112 valence electrons. The van der Waals surface area contributed by atoms with Gasteiger partial charge in [0.2, 0.25) is 0 Å². The van der Waals surface area contributed by atoms with Gasteiger partial charge in [-0.05, 0) is 71.1 Å². The van der Waals surface area contributed by atoms with Crippen LogP contribution in [0.25, 0.3) is 0 Å². The normalized spacial score (nSPS) is 12.4. The van der Waals surface area contributed by atoms with Crippen molar-refractivity contribution in [1.29, 1.82) is 0 Å². The maximum Gasteiger partial charge on any atom is 0.137 e. The Kier molecular flexibility index (Phi) is 5.54. The first-order valence-electron chi connectivity index (χ1n) is 7.26. The maximum atomic E-state index is 13.7.